The summed E-state index contributed by atoms with van der Waals surface area (Å²) in [6.07, 6.45) is 2.24. The summed E-state index contributed by atoms with van der Waals surface area (Å²) < 4.78 is 6.31. The van der Waals surface area contributed by atoms with Gasteiger partial charge in [0, 0.05) is 30.5 Å². The Morgan fingerprint density at radius 3 is 2.75 bits per heavy atom. The molecule has 2 rings (SSSR count). The number of hydrogen-bond acceptors (Lipinski definition) is 2. The normalized spacial score (nSPS) is 19.9. The van der Waals surface area contributed by atoms with Crippen molar-refractivity contribution in [2.45, 2.75) is 19.3 Å². The second kappa shape index (κ2) is 5.60. The summed E-state index contributed by atoms with van der Waals surface area (Å²) in [5.74, 6) is 0.765. The molecule has 1 atom stereocenters. The monoisotopic (exact) mass is 282 g/mol. The van der Waals surface area contributed by atoms with Gasteiger partial charge in [-0.05, 0) is 30.0 Å². The Kier molecular flexibility index (Phi) is 4.13. The summed E-state index contributed by atoms with van der Waals surface area (Å²) in [5, 5.41) is 0. The standard InChI is InChI=1S/C13H15BrO2/c14-12-3-1-10(2-4-12)7-13(15)8-11-5-6-16-9-11/h1-4,11H,5-9H2. The van der Waals surface area contributed by atoms with E-state index in [-0.39, 0.29) is 0 Å². The van der Waals surface area contributed by atoms with Gasteiger partial charge < -0.3 is 4.74 Å². The van der Waals surface area contributed by atoms with Crippen LogP contribution in [0.1, 0.15) is 18.4 Å². The lowest BCUT2D eigenvalue weighted by molar-refractivity contribution is -0.119. The lowest BCUT2D eigenvalue weighted by Gasteiger charge is -2.06. The van der Waals surface area contributed by atoms with Gasteiger partial charge in [0.2, 0.25) is 0 Å². The third-order valence-corrected chi connectivity index (χ3v) is 3.38. The van der Waals surface area contributed by atoms with Crippen LogP contribution in [-0.2, 0) is 16.0 Å². The quantitative estimate of drug-likeness (QED) is 0.849. The first-order valence-electron chi connectivity index (χ1n) is 5.58. The van der Waals surface area contributed by atoms with Crippen molar-refractivity contribution in [2.24, 2.45) is 5.92 Å². The molecule has 1 aliphatic rings. The summed E-state index contributed by atoms with van der Waals surface area (Å²) in [5.41, 5.74) is 1.09. The highest BCUT2D eigenvalue weighted by Gasteiger charge is 2.18. The van der Waals surface area contributed by atoms with Gasteiger partial charge in [-0.25, -0.2) is 0 Å². The predicted molar refractivity (Wildman–Crippen MR) is 66.4 cm³/mol. The summed E-state index contributed by atoms with van der Waals surface area (Å²) >= 11 is 3.38. The molecule has 0 radical (unpaired) electrons. The number of rotatable bonds is 4. The molecule has 1 aliphatic heterocycles. The lowest BCUT2D eigenvalue weighted by Crippen LogP contribution is -2.10. The Morgan fingerprint density at radius 2 is 2.12 bits per heavy atom. The van der Waals surface area contributed by atoms with Crippen molar-refractivity contribution < 1.29 is 9.53 Å². The molecule has 1 unspecified atom stereocenters. The van der Waals surface area contributed by atoms with Gasteiger partial charge in [-0.2, -0.15) is 0 Å². The molecule has 0 aliphatic carbocycles. The zero-order chi connectivity index (χ0) is 11.4. The number of benzene rings is 1. The van der Waals surface area contributed by atoms with E-state index in [0.717, 1.165) is 29.7 Å². The van der Waals surface area contributed by atoms with Crippen LogP contribution < -0.4 is 0 Å². The van der Waals surface area contributed by atoms with Gasteiger partial charge in [-0.3, -0.25) is 4.79 Å². The zero-order valence-electron chi connectivity index (χ0n) is 9.12. The minimum Gasteiger partial charge on any atom is -0.381 e. The maximum Gasteiger partial charge on any atom is 0.137 e. The summed E-state index contributed by atoms with van der Waals surface area (Å²) in [6, 6.07) is 7.93. The molecule has 1 aromatic carbocycles. The van der Waals surface area contributed by atoms with Crippen LogP contribution >= 0.6 is 15.9 Å². The molecule has 1 saturated heterocycles. The molecular formula is C13H15BrO2. The van der Waals surface area contributed by atoms with Gasteiger partial charge in [-0.1, -0.05) is 28.1 Å². The molecule has 0 amide bonds. The van der Waals surface area contributed by atoms with E-state index in [2.05, 4.69) is 15.9 Å². The van der Waals surface area contributed by atoms with Crippen LogP contribution in [-0.4, -0.2) is 19.0 Å². The van der Waals surface area contributed by atoms with E-state index >= 15 is 0 Å². The second-order valence-corrected chi connectivity index (χ2v) is 5.19. The van der Waals surface area contributed by atoms with Crippen molar-refractivity contribution in [2.75, 3.05) is 13.2 Å². The molecule has 2 nitrogen and oxygen atoms in total. The smallest absolute Gasteiger partial charge is 0.137 e. The molecule has 86 valence electrons. The fourth-order valence-electron chi connectivity index (χ4n) is 1.97. The van der Waals surface area contributed by atoms with Crippen molar-refractivity contribution in [3.05, 3.63) is 34.3 Å². The fraction of sp³-hybridized carbons (Fsp3) is 0.462. The van der Waals surface area contributed by atoms with Crippen molar-refractivity contribution in [1.82, 2.24) is 0 Å². The zero-order valence-corrected chi connectivity index (χ0v) is 10.7. The molecule has 1 heterocycles. The van der Waals surface area contributed by atoms with E-state index in [4.69, 9.17) is 4.74 Å². The summed E-state index contributed by atoms with van der Waals surface area (Å²) in [7, 11) is 0. The van der Waals surface area contributed by atoms with Crippen molar-refractivity contribution in [1.29, 1.82) is 0 Å². The third-order valence-electron chi connectivity index (χ3n) is 2.85. The van der Waals surface area contributed by atoms with E-state index < -0.39 is 0 Å². The molecular weight excluding hydrogens is 268 g/mol. The average Bonchev–Trinajstić information content (AvgIpc) is 2.74. The molecule has 0 N–H and O–H groups in total. The van der Waals surface area contributed by atoms with Crippen LogP contribution in [0.4, 0.5) is 0 Å². The number of Topliss-reactive ketones (excluding diaryl/α,β-unsaturated/α-hetero) is 1. The molecule has 1 fully saturated rings. The number of carbonyl (C=O) groups excluding carboxylic acids is 1. The maximum absolute atomic E-state index is 11.8. The van der Waals surface area contributed by atoms with Gasteiger partial charge in [0.15, 0.2) is 0 Å². The number of hydrogen-bond donors (Lipinski definition) is 0. The molecule has 3 heteroatoms. The Hall–Kier alpha value is -0.670. The van der Waals surface area contributed by atoms with Gasteiger partial charge in [0.1, 0.15) is 5.78 Å². The topological polar surface area (TPSA) is 26.3 Å². The van der Waals surface area contributed by atoms with Crippen molar-refractivity contribution in [3.8, 4) is 0 Å². The predicted octanol–water partition coefficient (Wildman–Crippen LogP) is 2.99. The Morgan fingerprint density at radius 1 is 1.38 bits per heavy atom. The highest BCUT2D eigenvalue weighted by Crippen LogP contribution is 2.18. The molecule has 0 bridgehead atoms. The number of carbonyl (C=O) groups is 1. The SMILES string of the molecule is O=C(Cc1ccc(Br)cc1)CC1CCOC1. The molecule has 1 aromatic rings. The van der Waals surface area contributed by atoms with Gasteiger partial charge >= 0.3 is 0 Å². The van der Waals surface area contributed by atoms with Crippen LogP contribution in [0.3, 0.4) is 0 Å². The van der Waals surface area contributed by atoms with Crippen LogP contribution in [0, 0.1) is 5.92 Å². The molecule has 0 aromatic heterocycles. The van der Waals surface area contributed by atoms with Crippen LogP contribution in [0.5, 0.6) is 0 Å². The lowest BCUT2D eigenvalue weighted by atomic mass is 9.98. The van der Waals surface area contributed by atoms with E-state index in [9.17, 15) is 4.79 Å². The van der Waals surface area contributed by atoms with E-state index in [1.54, 1.807) is 0 Å². The first-order chi connectivity index (χ1) is 7.74. The van der Waals surface area contributed by atoms with Crippen LogP contribution in [0.2, 0.25) is 0 Å². The minimum absolute atomic E-state index is 0.317. The van der Waals surface area contributed by atoms with Crippen LogP contribution in [0.15, 0.2) is 28.7 Å². The number of halogens is 1. The van der Waals surface area contributed by atoms with E-state index in [1.165, 1.54) is 0 Å². The molecule has 0 spiro atoms. The first-order valence-corrected chi connectivity index (χ1v) is 6.37. The summed E-state index contributed by atoms with van der Waals surface area (Å²) in [4.78, 5) is 11.8. The number of ether oxygens (including phenoxy) is 1. The largest absolute Gasteiger partial charge is 0.381 e. The van der Waals surface area contributed by atoms with E-state index in [0.29, 0.717) is 24.5 Å². The fourth-order valence-corrected chi connectivity index (χ4v) is 2.23. The van der Waals surface area contributed by atoms with Gasteiger partial charge in [0.25, 0.3) is 0 Å². The average molecular weight is 283 g/mol. The van der Waals surface area contributed by atoms with E-state index in [1.807, 2.05) is 24.3 Å². The van der Waals surface area contributed by atoms with Crippen LogP contribution in [0.25, 0.3) is 0 Å². The Bertz CT molecular complexity index is 353. The Labute approximate surface area is 104 Å². The first kappa shape index (κ1) is 11.8. The molecule has 16 heavy (non-hydrogen) atoms. The second-order valence-electron chi connectivity index (χ2n) is 4.28. The van der Waals surface area contributed by atoms with Crippen molar-refractivity contribution >= 4 is 21.7 Å². The highest BCUT2D eigenvalue weighted by molar-refractivity contribution is 9.10. The van der Waals surface area contributed by atoms with Gasteiger partial charge in [-0.15, -0.1) is 0 Å². The van der Waals surface area contributed by atoms with Crippen molar-refractivity contribution in [3.63, 3.8) is 0 Å². The van der Waals surface area contributed by atoms with Gasteiger partial charge in [0.05, 0.1) is 0 Å². The Balaban J connectivity index is 1.84. The maximum atomic E-state index is 11.8. The third kappa shape index (κ3) is 3.42. The molecule has 0 saturated carbocycles. The highest BCUT2D eigenvalue weighted by atomic mass is 79.9. The summed E-state index contributed by atoms with van der Waals surface area (Å²) in [6.45, 7) is 1.57. The minimum atomic E-state index is 0.317. The number of ketones is 1.